The number of amides is 1. The van der Waals surface area contributed by atoms with Crippen LogP contribution in [0.15, 0.2) is 42.5 Å². The van der Waals surface area contributed by atoms with E-state index in [0.29, 0.717) is 0 Å². The molecule has 0 aliphatic carbocycles. The van der Waals surface area contributed by atoms with E-state index in [9.17, 15) is 9.90 Å². The molecule has 1 amide bonds. The van der Waals surface area contributed by atoms with Crippen molar-refractivity contribution >= 4 is 16.7 Å². The van der Waals surface area contributed by atoms with Gasteiger partial charge in [-0.25, -0.2) is 0 Å². The normalized spacial score (nSPS) is 14.2. The molecule has 0 aliphatic rings. The molecule has 0 radical (unpaired) electrons. The zero-order valence-electron chi connectivity index (χ0n) is 10.8. The van der Waals surface area contributed by atoms with E-state index in [2.05, 4.69) is 29.6 Å². The second kappa shape index (κ2) is 5.82. The van der Waals surface area contributed by atoms with Crippen molar-refractivity contribution in [2.45, 2.75) is 19.1 Å². The third-order valence-corrected chi connectivity index (χ3v) is 3.22. The van der Waals surface area contributed by atoms with Crippen LogP contribution in [-0.2, 0) is 4.79 Å². The first-order valence-corrected chi connectivity index (χ1v) is 6.27. The molecule has 0 aromatic heterocycles. The monoisotopic (exact) mass is 258 g/mol. The van der Waals surface area contributed by atoms with Crippen LogP contribution >= 0.6 is 0 Å². The molecular weight excluding hydrogens is 240 g/mol. The lowest BCUT2D eigenvalue weighted by Crippen LogP contribution is -2.38. The van der Waals surface area contributed by atoms with Crippen molar-refractivity contribution < 1.29 is 9.90 Å². The predicted molar refractivity (Wildman–Crippen MR) is 75.6 cm³/mol. The van der Waals surface area contributed by atoms with Crippen LogP contribution in [0.3, 0.4) is 0 Å². The molecule has 0 spiro atoms. The molecule has 100 valence electrons. The largest absolute Gasteiger partial charge is 0.382 e. The molecule has 2 aromatic carbocycles. The number of nitrogens with two attached hydrogens (primary N) is 1. The molecule has 0 saturated heterocycles. The number of nitrogens with one attached hydrogen (secondary N) is 1. The van der Waals surface area contributed by atoms with Crippen molar-refractivity contribution in [3.63, 3.8) is 0 Å². The van der Waals surface area contributed by atoms with Crippen LogP contribution in [-0.4, -0.2) is 23.7 Å². The Bertz CT molecular complexity index is 583. The van der Waals surface area contributed by atoms with Gasteiger partial charge in [-0.05, 0) is 29.3 Å². The third-order valence-electron chi connectivity index (χ3n) is 3.22. The summed E-state index contributed by atoms with van der Waals surface area (Å²) in [5, 5.41) is 14.8. The number of fused-ring (bicyclic) bond motifs is 1. The molecular formula is C15H18N2O2. The molecule has 2 aromatic rings. The first-order chi connectivity index (χ1) is 9.08. The molecule has 0 saturated carbocycles. The quantitative estimate of drug-likeness (QED) is 0.757. The van der Waals surface area contributed by atoms with E-state index in [1.165, 1.54) is 10.8 Å². The van der Waals surface area contributed by atoms with Gasteiger partial charge in [0.1, 0.15) is 6.10 Å². The second-order valence-corrected chi connectivity index (χ2v) is 4.65. The van der Waals surface area contributed by atoms with E-state index in [1.54, 1.807) is 0 Å². The van der Waals surface area contributed by atoms with Gasteiger partial charge in [-0.2, -0.15) is 0 Å². The SMILES string of the molecule is CC(NCC(O)C(N)=O)c1ccc2ccccc2c1. The molecule has 4 heteroatoms. The van der Waals surface area contributed by atoms with E-state index in [0.717, 1.165) is 5.56 Å². The maximum Gasteiger partial charge on any atom is 0.247 e. The summed E-state index contributed by atoms with van der Waals surface area (Å²) in [5.74, 6) is -0.710. The van der Waals surface area contributed by atoms with Crippen molar-refractivity contribution in [2.24, 2.45) is 5.73 Å². The Morgan fingerprint density at radius 1 is 1.26 bits per heavy atom. The minimum atomic E-state index is -1.15. The van der Waals surface area contributed by atoms with Gasteiger partial charge in [-0.1, -0.05) is 36.4 Å². The van der Waals surface area contributed by atoms with Gasteiger partial charge < -0.3 is 16.2 Å². The van der Waals surface area contributed by atoms with Gasteiger partial charge in [-0.15, -0.1) is 0 Å². The van der Waals surface area contributed by atoms with Crippen molar-refractivity contribution in [3.8, 4) is 0 Å². The van der Waals surface area contributed by atoms with E-state index in [4.69, 9.17) is 5.73 Å². The van der Waals surface area contributed by atoms with Crippen molar-refractivity contribution in [2.75, 3.05) is 6.54 Å². The summed E-state index contributed by atoms with van der Waals surface area (Å²) in [6, 6.07) is 14.4. The maximum absolute atomic E-state index is 10.8. The van der Waals surface area contributed by atoms with Crippen LogP contribution in [0.25, 0.3) is 10.8 Å². The highest BCUT2D eigenvalue weighted by Gasteiger charge is 2.13. The van der Waals surface area contributed by atoms with E-state index in [-0.39, 0.29) is 12.6 Å². The van der Waals surface area contributed by atoms with Gasteiger partial charge in [0.15, 0.2) is 0 Å². The fourth-order valence-electron chi connectivity index (χ4n) is 1.98. The number of aliphatic hydroxyl groups is 1. The average molecular weight is 258 g/mol. The number of primary amides is 1. The summed E-state index contributed by atoms with van der Waals surface area (Å²) in [7, 11) is 0. The summed E-state index contributed by atoms with van der Waals surface area (Å²) < 4.78 is 0. The molecule has 2 rings (SSSR count). The minimum Gasteiger partial charge on any atom is -0.382 e. The zero-order valence-corrected chi connectivity index (χ0v) is 10.8. The third kappa shape index (κ3) is 3.30. The molecule has 0 fully saturated rings. The summed E-state index contributed by atoms with van der Waals surface area (Å²) in [5.41, 5.74) is 6.11. The van der Waals surface area contributed by atoms with Crippen LogP contribution < -0.4 is 11.1 Å². The number of aliphatic hydroxyl groups excluding tert-OH is 1. The summed E-state index contributed by atoms with van der Waals surface area (Å²) >= 11 is 0. The summed E-state index contributed by atoms with van der Waals surface area (Å²) in [6.07, 6.45) is -1.15. The minimum absolute atomic E-state index is 0.0404. The number of hydrogen-bond acceptors (Lipinski definition) is 3. The summed E-state index contributed by atoms with van der Waals surface area (Å²) in [6.45, 7) is 2.14. The number of benzene rings is 2. The lowest BCUT2D eigenvalue weighted by atomic mass is 10.0. The van der Waals surface area contributed by atoms with Crippen molar-refractivity contribution in [3.05, 3.63) is 48.0 Å². The van der Waals surface area contributed by atoms with Crippen molar-refractivity contribution in [1.82, 2.24) is 5.32 Å². The van der Waals surface area contributed by atoms with Crippen LogP contribution in [0.4, 0.5) is 0 Å². The lowest BCUT2D eigenvalue weighted by Gasteiger charge is -2.16. The highest BCUT2D eigenvalue weighted by Crippen LogP contribution is 2.20. The van der Waals surface area contributed by atoms with Crippen LogP contribution in [0, 0.1) is 0 Å². The highest BCUT2D eigenvalue weighted by atomic mass is 16.3. The Kier molecular flexibility index (Phi) is 4.14. The van der Waals surface area contributed by atoms with Crippen LogP contribution in [0.1, 0.15) is 18.5 Å². The lowest BCUT2D eigenvalue weighted by molar-refractivity contribution is -0.125. The molecule has 2 atom stereocenters. The first kappa shape index (κ1) is 13.5. The topological polar surface area (TPSA) is 75.3 Å². The van der Waals surface area contributed by atoms with Gasteiger partial charge in [0.05, 0.1) is 0 Å². The standard InChI is InChI=1S/C15H18N2O2/c1-10(17-9-14(18)15(16)19)12-7-6-11-4-2-3-5-13(11)8-12/h2-8,10,14,17-18H,9H2,1H3,(H2,16,19). The Morgan fingerprint density at radius 2 is 1.95 bits per heavy atom. The maximum atomic E-state index is 10.8. The van der Waals surface area contributed by atoms with Gasteiger partial charge >= 0.3 is 0 Å². The molecule has 4 N–H and O–H groups in total. The van der Waals surface area contributed by atoms with Crippen LogP contribution in [0.2, 0.25) is 0 Å². The Balaban J connectivity index is 2.08. The van der Waals surface area contributed by atoms with Crippen LogP contribution in [0.5, 0.6) is 0 Å². The highest BCUT2D eigenvalue weighted by molar-refractivity contribution is 5.83. The number of carbonyl (C=O) groups excluding carboxylic acids is 1. The Labute approximate surface area is 112 Å². The molecule has 0 bridgehead atoms. The number of hydrogen-bond donors (Lipinski definition) is 3. The fourth-order valence-corrected chi connectivity index (χ4v) is 1.98. The molecule has 2 unspecified atom stereocenters. The Hall–Kier alpha value is -1.91. The second-order valence-electron chi connectivity index (χ2n) is 4.65. The Morgan fingerprint density at radius 3 is 2.63 bits per heavy atom. The van der Waals surface area contributed by atoms with Gasteiger partial charge in [0.25, 0.3) is 0 Å². The molecule has 4 nitrogen and oxygen atoms in total. The van der Waals surface area contributed by atoms with Gasteiger partial charge in [-0.3, -0.25) is 4.79 Å². The van der Waals surface area contributed by atoms with Gasteiger partial charge in [0, 0.05) is 12.6 Å². The fraction of sp³-hybridized carbons (Fsp3) is 0.267. The van der Waals surface area contributed by atoms with Crippen molar-refractivity contribution in [1.29, 1.82) is 0 Å². The van der Waals surface area contributed by atoms with E-state index in [1.807, 2.05) is 25.1 Å². The predicted octanol–water partition coefficient (Wildman–Crippen LogP) is 1.34. The molecule has 0 aliphatic heterocycles. The molecule has 19 heavy (non-hydrogen) atoms. The van der Waals surface area contributed by atoms with E-state index < -0.39 is 12.0 Å². The molecule has 0 heterocycles. The number of carbonyl (C=O) groups is 1. The number of rotatable bonds is 5. The zero-order chi connectivity index (χ0) is 13.8. The summed E-state index contributed by atoms with van der Waals surface area (Å²) in [4.78, 5) is 10.8. The van der Waals surface area contributed by atoms with Gasteiger partial charge in [0.2, 0.25) is 5.91 Å². The van der Waals surface area contributed by atoms with E-state index >= 15 is 0 Å². The average Bonchev–Trinajstić information content (AvgIpc) is 2.43. The first-order valence-electron chi connectivity index (χ1n) is 6.27. The smallest absolute Gasteiger partial charge is 0.247 e.